The summed E-state index contributed by atoms with van der Waals surface area (Å²) in [4.78, 5) is 31.3. The predicted molar refractivity (Wildman–Crippen MR) is 91.2 cm³/mol. The van der Waals surface area contributed by atoms with Gasteiger partial charge in [-0.1, -0.05) is 6.92 Å². The summed E-state index contributed by atoms with van der Waals surface area (Å²) in [6.07, 6.45) is 5.85. The Balaban J connectivity index is 1.99. The second kappa shape index (κ2) is 6.83. The van der Waals surface area contributed by atoms with Gasteiger partial charge in [0.25, 0.3) is 5.56 Å². The number of aromatic nitrogens is 2. The van der Waals surface area contributed by atoms with Gasteiger partial charge in [-0.25, -0.2) is 4.98 Å². The topological polar surface area (TPSA) is 61.2 Å². The quantitative estimate of drug-likeness (QED) is 0.762. The summed E-state index contributed by atoms with van der Waals surface area (Å²) < 4.78 is 6.45. The number of carbonyl (C=O) groups excluding carboxylic acids is 1. The van der Waals surface area contributed by atoms with Crippen molar-refractivity contribution in [3.05, 3.63) is 26.6 Å². The van der Waals surface area contributed by atoms with Crippen LogP contribution >= 0.6 is 11.3 Å². The number of methoxy groups -OCH3 is 1. The Hall–Kier alpha value is -1.69. The summed E-state index contributed by atoms with van der Waals surface area (Å²) in [7, 11) is 1.39. The molecule has 2 aromatic rings. The van der Waals surface area contributed by atoms with Crippen molar-refractivity contribution < 1.29 is 9.53 Å². The molecule has 0 aromatic carbocycles. The van der Waals surface area contributed by atoms with E-state index in [0.717, 1.165) is 48.1 Å². The van der Waals surface area contributed by atoms with Crippen LogP contribution in [0.5, 0.6) is 0 Å². The molecule has 1 aliphatic carbocycles. The zero-order valence-electron chi connectivity index (χ0n) is 13.7. The summed E-state index contributed by atoms with van der Waals surface area (Å²) in [6, 6.07) is 0. The molecular formula is C17H22N2O3S. The Bertz CT molecular complexity index is 791. The molecule has 3 rings (SSSR count). The van der Waals surface area contributed by atoms with Crippen LogP contribution < -0.4 is 5.56 Å². The average Bonchev–Trinajstić information content (AvgIpc) is 3.10. The Morgan fingerprint density at radius 1 is 1.39 bits per heavy atom. The third-order valence-corrected chi connectivity index (χ3v) is 5.55. The maximum atomic E-state index is 13.0. The predicted octanol–water partition coefficient (Wildman–Crippen LogP) is 2.85. The Morgan fingerprint density at radius 3 is 2.96 bits per heavy atom. The number of esters is 1. The van der Waals surface area contributed by atoms with Crippen molar-refractivity contribution in [2.45, 2.75) is 58.4 Å². The maximum Gasteiger partial charge on any atom is 0.305 e. The average molecular weight is 334 g/mol. The minimum absolute atomic E-state index is 0.0720. The fraction of sp³-hybridized carbons (Fsp3) is 0.588. The van der Waals surface area contributed by atoms with Crippen LogP contribution in [0.3, 0.4) is 0 Å². The Morgan fingerprint density at radius 2 is 2.22 bits per heavy atom. The first-order valence-electron chi connectivity index (χ1n) is 8.26. The van der Waals surface area contributed by atoms with Crippen LogP contribution in [0.4, 0.5) is 0 Å². The van der Waals surface area contributed by atoms with Crippen molar-refractivity contribution in [2.24, 2.45) is 0 Å². The molecule has 0 N–H and O–H groups in total. The number of aryl methyl sites for hydroxylation is 3. The molecule has 0 radical (unpaired) electrons. The minimum Gasteiger partial charge on any atom is -0.469 e. The van der Waals surface area contributed by atoms with Gasteiger partial charge in [0.05, 0.1) is 12.5 Å². The second-order valence-electron chi connectivity index (χ2n) is 5.95. The van der Waals surface area contributed by atoms with Gasteiger partial charge < -0.3 is 4.74 Å². The lowest BCUT2D eigenvalue weighted by Crippen LogP contribution is -2.26. The van der Waals surface area contributed by atoms with Crippen LogP contribution in [-0.4, -0.2) is 22.6 Å². The van der Waals surface area contributed by atoms with E-state index in [1.165, 1.54) is 17.6 Å². The molecule has 0 bridgehead atoms. The molecule has 6 heteroatoms. The molecule has 2 heterocycles. The van der Waals surface area contributed by atoms with Crippen molar-refractivity contribution in [1.29, 1.82) is 0 Å². The van der Waals surface area contributed by atoms with Crippen molar-refractivity contribution in [3.63, 3.8) is 0 Å². The van der Waals surface area contributed by atoms with Crippen LogP contribution in [0.1, 0.15) is 48.9 Å². The van der Waals surface area contributed by atoms with Gasteiger partial charge in [-0.05, 0) is 37.7 Å². The van der Waals surface area contributed by atoms with Crippen molar-refractivity contribution >= 4 is 27.5 Å². The van der Waals surface area contributed by atoms with E-state index >= 15 is 0 Å². The van der Waals surface area contributed by atoms with Crippen LogP contribution in [0.2, 0.25) is 0 Å². The molecule has 0 spiro atoms. The Kier molecular flexibility index (Phi) is 4.80. The van der Waals surface area contributed by atoms with Gasteiger partial charge >= 0.3 is 5.97 Å². The Labute approximate surface area is 139 Å². The summed E-state index contributed by atoms with van der Waals surface area (Å²) in [5.74, 6) is 0.607. The third-order valence-electron chi connectivity index (χ3n) is 4.37. The van der Waals surface area contributed by atoms with E-state index in [1.54, 1.807) is 15.9 Å². The molecular weight excluding hydrogens is 312 g/mol. The van der Waals surface area contributed by atoms with Gasteiger partial charge in [0.2, 0.25) is 0 Å². The van der Waals surface area contributed by atoms with Crippen LogP contribution in [-0.2, 0) is 35.3 Å². The molecule has 0 saturated heterocycles. The largest absolute Gasteiger partial charge is 0.469 e. The normalized spacial score (nSPS) is 13.5. The van der Waals surface area contributed by atoms with Gasteiger partial charge in [-0.15, -0.1) is 11.3 Å². The maximum absolute atomic E-state index is 13.0. The molecule has 0 fully saturated rings. The summed E-state index contributed by atoms with van der Waals surface area (Å²) in [5.41, 5.74) is 1.29. The minimum atomic E-state index is -0.236. The van der Waals surface area contributed by atoms with E-state index in [9.17, 15) is 9.59 Å². The van der Waals surface area contributed by atoms with E-state index in [1.807, 2.05) is 0 Å². The van der Waals surface area contributed by atoms with Crippen molar-refractivity contribution in [3.8, 4) is 0 Å². The fourth-order valence-electron chi connectivity index (χ4n) is 3.25. The zero-order valence-corrected chi connectivity index (χ0v) is 14.5. The summed E-state index contributed by atoms with van der Waals surface area (Å²) in [6.45, 7) is 2.61. The molecule has 0 atom stereocenters. The standard InChI is InChI=1S/C17H22N2O3S/c1-3-6-13-18-16-15(11-7-4-8-12(11)23-16)17(21)19(13)10-5-9-14(20)22-2/h3-10H2,1-2H3. The highest BCUT2D eigenvalue weighted by molar-refractivity contribution is 7.18. The smallest absolute Gasteiger partial charge is 0.305 e. The molecule has 124 valence electrons. The summed E-state index contributed by atoms with van der Waals surface area (Å²) >= 11 is 1.68. The number of fused-ring (bicyclic) bond motifs is 3. The van der Waals surface area contributed by atoms with E-state index in [4.69, 9.17) is 4.98 Å². The molecule has 1 aliphatic rings. The van der Waals surface area contributed by atoms with Gasteiger partial charge in [0.15, 0.2) is 0 Å². The number of hydrogen-bond donors (Lipinski definition) is 0. The number of nitrogens with zero attached hydrogens (tertiary/aromatic N) is 2. The zero-order chi connectivity index (χ0) is 16.4. The van der Waals surface area contributed by atoms with Crippen LogP contribution in [0.15, 0.2) is 4.79 Å². The van der Waals surface area contributed by atoms with E-state index in [2.05, 4.69) is 11.7 Å². The van der Waals surface area contributed by atoms with Gasteiger partial charge in [0.1, 0.15) is 10.7 Å². The molecule has 0 amide bonds. The molecule has 23 heavy (non-hydrogen) atoms. The van der Waals surface area contributed by atoms with Crippen LogP contribution in [0, 0.1) is 0 Å². The second-order valence-corrected chi connectivity index (χ2v) is 7.04. The molecule has 0 unspecified atom stereocenters. The molecule has 5 nitrogen and oxygen atoms in total. The van der Waals surface area contributed by atoms with E-state index in [-0.39, 0.29) is 11.5 Å². The summed E-state index contributed by atoms with van der Waals surface area (Å²) in [5, 5.41) is 0.820. The molecule has 2 aromatic heterocycles. The highest BCUT2D eigenvalue weighted by Gasteiger charge is 2.22. The fourth-order valence-corrected chi connectivity index (χ4v) is 4.52. The lowest BCUT2D eigenvalue weighted by molar-refractivity contribution is -0.140. The number of thiophene rings is 1. The number of ether oxygens (including phenoxy) is 1. The third kappa shape index (κ3) is 3.04. The number of carbonyl (C=O) groups is 1. The van der Waals surface area contributed by atoms with Gasteiger partial charge in [-0.3, -0.25) is 14.2 Å². The lowest BCUT2D eigenvalue weighted by atomic mass is 10.2. The SMILES string of the molecule is CCCc1nc2sc3c(c2c(=O)n1CCCC(=O)OC)CCC3. The lowest BCUT2D eigenvalue weighted by Gasteiger charge is -2.12. The first-order valence-corrected chi connectivity index (χ1v) is 9.08. The van der Waals surface area contributed by atoms with E-state index in [0.29, 0.717) is 19.4 Å². The first kappa shape index (κ1) is 16.2. The number of hydrogen-bond acceptors (Lipinski definition) is 5. The first-order chi connectivity index (χ1) is 11.2. The van der Waals surface area contributed by atoms with Crippen molar-refractivity contribution in [1.82, 2.24) is 9.55 Å². The van der Waals surface area contributed by atoms with E-state index < -0.39 is 0 Å². The molecule has 0 saturated carbocycles. The number of rotatable bonds is 6. The van der Waals surface area contributed by atoms with Gasteiger partial charge in [-0.2, -0.15) is 0 Å². The monoisotopic (exact) mass is 334 g/mol. The van der Waals surface area contributed by atoms with Crippen molar-refractivity contribution in [2.75, 3.05) is 7.11 Å². The highest BCUT2D eigenvalue weighted by Crippen LogP contribution is 2.34. The highest BCUT2D eigenvalue weighted by atomic mass is 32.1. The van der Waals surface area contributed by atoms with Gasteiger partial charge in [0, 0.05) is 24.3 Å². The van der Waals surface area contributed by atoms with Crippen LogP contribution in [0.25, 0.3) is 10.2 Å². The molecule has 0 aliphatic heterocycles.